The number of aromatic nitrogens is 1. The summed E-state index contributed by atoms with van der Waals surface area (Å²) in [6, 6.07) is 15.7. The molecule has 0 atom stereocenters. The van der Waals surface area contributed by atoms with Gasteiger partial charge >= 0.3 is 0 Å². The molecule has 2 aromatic carbocycles. The number of carbonyl (C=O) groups is 1. The molecule has 0 unspecified atom stereocenters. The van der Waals surface area contributed by atoms with Gasteiger partial charge in [-0.05, 0) is 55.7 Å². The predicted molar refractivity (Wildman–Crippen MR) is 123 cm³/mol. The Bertz CT molecular complexity index is 1180. The van der Waals surface area contributed by atoms with Crippen LogP contribution in [0.3, 0.4) is 0 Å². The molecule has 5 nitrogen and oxygen atoms in total. The molecule has 6 heteroatoms. The molecule has 2 heterocycles. The Morgan fingerprint density at radius 3 is 2.74 bits per heavy atom. The molecule has 1 aliphatic rings. The molecule has 0 spiro atoms. The van der Waals surface area contributed by atoms with E-state index in [9.17, 15) is 10.1 Å². The zero-order chi connectivity index (χ0) is 21.8. The second kappa shape index (κ2) is 9.28. The average Bonchev–Trinajstić information content (AvgIpc) is 3.43. The van der Waals surface area contributed by atoms with E-state index in [-0.39, 0.29) is 11.5 Å². The SMILES string of the molecule is Cc1cc(OCCn2cc(C=C(C#N)C(=O)N3CCCC3)c3ccccc32)ccc1Cl. The number of para-hydroxylation sites is 1. The van der Waals surface area contributed by atoms with Gasteiger partial charge < -0.3 is 14.2 Å². The summed E-state index contributed by atoms with van der Waals surface area (Å²) in [7, 11) is 0. The molecule has 31 heavy (non-hydrogen) atoms. The Labute approximate surface area is 187 Å². The molecule has 3 aromatic rings. The Morgan fingerprint density at radius 1 is 1.23 bits per heavy atom. The normalized spacial score (nSPS) is 14.1. The van der Waals surface area contributed by atoms with Gasteiger partial charge in [-0.1, -0.05) is 29.8 Å². The van der Waals surface area contributed by atoms with Gasteiger partial charge in [0.2, 0.25) is 0 Å². The van der Waals surface area contributed by atoms with Crippen molar-refractivity contribution >= 4 is 34.5 Å². The van der Waals surface area contributed by atoms with Crippen molar-refractivity contribution in [1.29, 1.82) is 5.26 Å². The Hall–Kier alpha value is -3.23. The minimum absolute atomic E-state index is 0.178. The summed E-state index contributed by atoms with van der Waals surface area (Å²) < 4.78 is 8.00. The van der Waals surface area contributed by atoms with Crippen molar-refractivity contribution in [3.63, 3.8) is 0 Å². The fourth-order valence-corrected chi connectivity index (χ4v) is 4.05. The number of benzene rings is 2. The lowest BCUT2D eigenvalue weighted by Gasteiger charge is -2.13. The number of aryl methyl sites for hydroxylation is 1. The van der Waals surface area contributed by atoms with Gasteiger partial charge in [0.05, 0.1) is 6.54 Å². The van der Waals surface area contributed by atoms with Gasteiger partial charge in [0, 0.05) is 40.8 Å². The third-order valence-corrected chi connectivity index (χ3v) is 6.02. The predicted octanol–water partition coefficient (Wildman–Crippen LogP) is 5.21. The van der Waals surface area contributed by atoms with Crippen LogP contribution < -0.4 is 4.74 Å². The van der Waals surface area contributed by atoms with E-state index in [0.717, 1.165) is 58.7 Å². The van der Waals surface area contributed by atoms with Gasteiger partial charge in [0.15, 0.2) is 0 Å². The molecule has 0 saturated carbocycles. The number of nitriles is 1. The number of rotatable bonds is 6. The minimum Gasteiger partial charge on any atom is -0.492 e. The highest BCUT2D eigenvalue weighted by molar-refractivity contribution is 6.31. The quantitative estimate of drug-likeness (QED) is 0.396. The summed E-state index contributed by atoms with van der Waals surface area (Å²) in [6.45, 7) is 4.52. The van der Waals surface area contributed by atoms with Crippen LogP contribution in [0, 0.1) is 18.3 Å². The first-order chi connectivity index (χ1) is 15.1. The minimum atomic E-state index is -0.182. The average molecular weight is 434 g/mol. The smallest absolute Gasteiger partial charge is 0.264 e. The van der Waals surface area contributed by atoms with Crippen LogP contribution in [0.25, 0.3) is 17.0 Å². The van der Waals surface area contributed by atoms with E-state index in [4.69, 9.17) is 16.3 Å². The summed E-state index contributed by atoms with van der Waals surface area (Å²) in [4.78, 5) is 14.5. The molecule has 1 aliphatic heterocycles. The largest absolute Gasteiger partial charge is 0.492 e. The number of hydrogen-bond donors (Lipinski definition) is 0. The van der Waals surface area contributed by atoms with E-state index >= 15 is 0 Å². The standard InChI is InChI=1S/C25H24ClN3O2/c1-18-14-21(8-9-23(18)26)31-13-12-29-17-20(22-6-2-3-7-24(22)29)15-19(16-27)25(30)28-10-4-5-11-28/h2-3,6-9,14-15,17H,4-5,10-13H2,1H3. The van der Waals surface area contributed by atoms with Crippen LogP contribution in [0.5, 0.6) is 5.75 Å². The number of halogens is 1. The van der Waals surface area contributed by atoms with Crippen molar-refractivity contribution in [2.75, 3.05) is 19.7 Å². The van der Waals surface area contributed by atoms with Gasteiger partial charge in [-0.3, -0.25) is 4.79 Å². The van der Waals surface area contributed by atoms with Crippen molar-refractivity contribution in [3.05, 3.63) is 70.4 Å². The number of amides is 1. The molecule has 1 fully saturated rings. The third-order valence-electron chi connectivity index (χ3n) is 5.59. The molecule has 4 rings (SSSR count). The third kappa shape index (κ3) is 4.60. The van der Waals surface area contributed by atoms with Crippen LogP contribution in [-0.4, -0.2) is 35.1 Å². The highest BCUT2D eigenvalue weighted by Crippen LogP contribution is 2.25. The van der Waals surface area contributed by atoms with Crippen LogP contribution in [0.4, 0.5) is 0 Å². The molecule has 1 amide bonds. The molecule has 1 aromatic heterocycles. The highest BCUT2D eigenvalue weighted by Gasteiger charge is 2.22. The van der Waals surface area contributed by atoms with Gasteiger partial charge in [-0.2, -0.15) is 5.26 Å². The number of nitrogens with zero attached hydrogens (tertiary/aromatic N) is 3. The number of ether oxygens (including phenoxy) is 1. The van der Waals surface area contributed by atoms with Crippen LogP contribution >= 0.6 is 11.6 Å². The summed E-state index contributed by atoms with van der Waals surface area (Å²) in [5.74, 6) is 0.597. The maximum atomic E-state index is 12.7. The van der Waals surface area contributed by atoms with Gasteiger partial charge in [-0.15, -0.1) is 0 Å². The van der Waals surface area contributed by atoms with Crippen molar-refractivity contribution in [2.45, 2.75) is 26.3 Å². The van der Waals surface area contributed by atoms with Crippen molar-refractivity contribution in [3.8, 4) is 11.8 Å². The summed E-state index contributed by atoms with van der Waals surface area (Å²) in [5, 5.41) is 11.3. The lowest BCUT2D eigenvalue weighted by atomic mass is 10.1. The van der Waals surface area contributed by atoms with E-state index in [1.807, 2.05) is 55.6 Å². The van der Waals surface area contributed by atoms with Crippen molar-refractivity contribution < 1.29 is 9.53 Å². The molecule has 0 bridgehead atoms. The molecular formula is C25H24ClN3O2. The van der Waals surface area contributed by atoms with Crippen LogP contribution in [-0.2, 0) is 11.3 Å². The topological polar surface area (TPSA) is 58.3 Å². The monoisotopic (exact) mass is 433 g/mol. The van der Waals surface area contributed by atoms with Crippen LogP contribution in [0.1, 0.15) is 24.0 Å². The number of likely N-dealkylation sites (tertiary alicyclic amines) is 1. The zero-order valence-electron chi connectivity index (χ0n) is 17.5. The van der Waals surface area contributed by atoms with Crippen molar-refractivity contribution in [2.24, 2.45) is 0 Å². The molecule has 158 valence electrons. The maximum absolute atomic E-state index is 12.7. The van der Waals surface area contributed by atoms with Gasteiger partial charge in [0.1, 0.15) is 24.0 Å². The Morgan fingerprint density at radius 2 is 2.00 bits per heavy atom. The molecular weight excluding hydrogens is 410 g/mol. The molecule has 1 saturated heterocycles. The zero-order valence-corrected chi connectivity index (χ0v) is 18.2. The first kappa shape index (κ1) is 21.0. The van der Waals surface area contributed by atoms with E-state index in [1.165, 1.54) is 0 Å². The maximum Gasteiger partial charge on any atom is 0.264 e. The van der Waals surface area contributed by atoms with E-state index in [0.29, 0.717) is 13.2 Å². The fourth-order valence-electron chi connectivity index (χ4n) is 3.93. The number of carbonyl (C=O) groups excluding carboxylic acids is 1. The molecule has 0 radical (unpaired) electrons. The fraction of sp³-hybridized carbons (Fsp3) is 0.280. The molecule has 0 N–H and O–H groups in total. The lowest BCUT2D eigenvalue weighted by molar-refractivity contribution is -0.125. The van der Waals surface area contributed by atoms with Crippen LogP contribution in [0.2, 0.25) is 5.02 Å². The number of fused-ring (bicyclic) bond motifs is 1. The summed E-state index contributed by atoms with van der Waals surface area (Å²) >= 11 is 6.08. The first-order valence-corrected chi connectivity index (χ1v) is 10.8. The van der Waals surface area contributed by atoms with Crippen LogP contribution in [0.15, 0.2) is 54.2 Å². The Balaban J connectivity index is 1.56. The molecule has 0 aliphatic carbocycles. The van der Waals surface area contributed by atoms with Gasteiger partial charge in [-0.25, -0.2) is 0 Å². The lowest BCUT2D eigenvalue weighted by Crippen LogP contribution is -2.28. The Kier molecular flexibility index (Phi) is 6.29. The van der Waals surface area contributed by atoms with E-state index in [2.05, 4.69) is 10.6 Å². The summed E-state index contributed by atoms with van der Waals surface area (Å²) in [6.07, 6.45) is 5.69. The first-order valence-electron chi connectivity index (χ1n) is 10.4. The second-order valence-electron chi connectivity index (χ2n) is 7.72. The highest BCUT2D eigenvalue weighted by atomic mass is 35.5. The van der Waals surface area contributed by atoms with E-state index in [1.54, 1.807) is 11.0 Å². The van der Waals surface area contributed by atoms with Gasteiger partial charge in [0.25, 0.3) is 5.91 Å². The van der Waals surface area contributed by atoms with Crippen molar-refractivity contribution in [1.82, 2.24) is 9.47 Å². The summed E-state index contributed by atoms with van der Waals surface area (Å²) in [5.41, 5.74) is 3.06. The number of hydrogen-bond acceptors (Lipinski definition) is 3. The van der Waals surface area contributed by atoms with E-state index < -0.39 is 0 Å². The second-order valence-corrected chi connectivity index (χ2v) is 8.13.